The molecule has 1 unspecified atom stereocenters. The van der Waals surface area contributed by atoms with Gasteiger partial charge in [-0.15, -0.1) is 0 Å². The van der Waals surface area contributed by atoms with Crippen LogP contribution in [0, 0.1) is 5.92 Å². The molecule has 0 bridgehead atoms. The summed E-state index contributed by atoms with van der Waals surface area (Å²) in [4.78, 5) is 12.5. The van der Waals surface area contributed by atoms with Crippen LogP contribution in [0.1, 0.15) is 56.6 Å². The lowest BCUT2D eigenvalue weighted by Gasteiger charge is -2.22. The predicted octanol–water partition coefficient (Wildman–Crippen LogP) is 3.49. The lowest BCUT2D eigenvalue weighted by Crippen LogP contribution is -2.36. The third-order valence-electron chi connectivity index (χ3n) is 4.23. The Hall–Kier alpha value is -1.42. The molecule has 0 aromatic heterocycles. The number of rotatable bonds is 6. The van der Waals surface area contributed by atoms with Crippen LogP contribution in [0.2, 0.25) is 0 Å². The van der Waals surface area contributed by atoms with Crippen molar-refractivity contribution in [1.29, 1.82) is 0 Å². The number of hydrogen-bond acceptors (Lipinski definition) is 2. The van der Waals surface area contributed by atoms with Gasteiger partial charge in [0.2, 0.25) is 5.91 Å². The second-order valence-corrected chi connectivity index (χ2v) is 6.33. The maximum Gasteiger partial charge on any atom is 0.220 e. The molecule has 2 rings (SSSR count). The number of nitrogens with two attached hydrogens (primary N) is 1. The van der Waals surface area contributed by atoms with Gasteiger partial charge in [-0.3, -0.25) is 4.79 Å². The van der Waals surface area contributed by atoms with E-state index < -0.39 is 0 Å². The fourth-order valence-electron chi connectivity index (χ4n) is 3.01. The Labute approximate surface area is 132 Å². The van der Waals surface area contributed by atoms with Gasteiger partial charge < -0.3 is 11.1 Å². The molecule has 0 heterocycles. The molecule has 1 fully saturated rings. The van der Waals surface area contributed by atoms with Gasteiger partial charge in [0.15, 0.2) is 0 Å². The summed E-state index contributed by atoms with van der Waals surface area (Å²) in [7, 11) is 0. The summed E-state index contributed by atoms with van der Waals surface area (Å²) in [6, 6.07) is 9.30. The average molecular weight is 304 g/mol. The number of benzene rings is 1. The van der Waals surface area contributed by atoms with Crippen molar-refractivity contribution in [2.45, 2.75) is 51.0 Å². The summed E-state index contributed by atoms with van der Waals surface area (Å²) in [5.41, 5.74) is 6.71. The SMILES string of the molecule is NC(=S)C(NC(=O)CCC1CCCCC1)c1ccccc1. The average Bonchev–Trinajstić information content (AvgIpc) is 2.52. The smallest absolute Gasteiger partial charge is 0.220 e. The minimum absolute atomic E-state index is 0.0437. The number of amides is 1. The Morgan fingerprint density at radius 1 is 1.24 bits per heavy atom. The number of carbonyl (C=O) groups is 1. The van der Waals surface area contributed by atoms with Crippen LogP contribution in [-0.4, -0.2) is 10.9 Å². The molecule has 3 N–H and O–H groups in total. The van der Waals surface area contributed by atoms with Gasteiger partial charge in [-0.25, -0.2) is 0 Å². The third kappa shape index (κ3) is 5.12. The zero-order valence-corrected chi connectivity index (χ0v) is 13.2. The molecular weight excluding hydrogens is 280 g/mol. The van der Waals surface area contributed by atoms with Gasteiger partial charge >= 0.3 is 0 Å². The second kappa shape index (κ2) is 8.13. The molecule has 1 atom stereocenters. The number of hydrogen-bond donors (Lipinski definition) is 2. The van der Waals surface area contributed by atoms with Crippen molar-refractivity contribution in [3.05, 3.63) is 35.9 Å². The largest absolute Gasteiger partial charge is 0.391 e. The van der Waals surface area contributed by atoms with Gasteiger partial charge in [0.05, 0.1) is 0 Å². The van der Waals surface area contributed by atoms with Crippen LogP contribution >= 0.6 is 12.2 Å². The van der Waals surface area contributed by atoms with E-state index in [1.165, 1.54) is 32.1 Å². The van der Waals surface area contributed by atoms with E-state index in [2.05, 4.69) is 5.32 Å². The first kappa shape index (κ1) is 16.0. The zero-order valence-electron chi connectivity index (χ0n) is 12.4. The molecule has 0 aliphatic heterocycles. The number of thiocarbonyl (C=S) groups is 1. The highest BCUT2D eigenvalue weighted by molar-refractivity contribution is 7.80. The standard InChI is InChI=1S/C17H24N2OS/c18-17(21)16(14-9-5-2-6-10-14)19-15(20)12-11-13-7-3-1-4-8-13/h2,5-6,9-10,13,16H,1,3-4,7-8,11-12H2,(H2,18,21)(H,19,20). The van der Waals surface area contributed by atoms with Gasteiger partial charge in [-0.05, 0) is 17.9 Å². The maximum absolute atomic E-state index is 12.1. The summed E-state index contributed by atoms with van der Waals surface area (Å²) in [6.07, 6.45) is 8.05. The highest BCUT2D eigenvalue weighted by Gasteiger charge is 2.19. The van der Waals surface area contributed by atoms with Gasteiger partial charge in [-0.1, -0.05) is 74.7 Å². The summed E-state index contributed by atoms with van der Waals surface area (Å²) in [5, 5.41) is 2.97. The van der Waals surface area contributed by atoms with Crippen LogP contribution in [0.5, 0.6) is 0 Å². The summed E-state index contributed by atoms with van der Waals surface area (Å²) in [5.74, 6) is 0.756. The number of nitrogens with one attached hydrogen (secondary N) is 1. The molecule has 1 aromatic carbocycles. The first-order chi connectivity index (χ1) is 10.2. The van der Waals surface area contributed by atoms with E-state index in [1.54, 1.807) is 0 Å². The molecule has 3 nitrogen and oxygen atoms in total. The van der Waals surface area contributed by atoms with Gasteiger partial charge in [0, 0.05) is 6.42 Å². The van der Waals surface area contributed by atoms with Crippen LogP contribution < -0.4 is 11.1 Å². The van der Waals surface area contributed by atoms with Crippen LogP contribution in [0.25, 0.3) is 0 Å². The molecule has 0 radical (unpaired) electrons. The zero-order chi connectivity index (χ0) is 15.1. The topological polar surface area (TPSA) is 55.1 Å². The van der Waals surface area contributed by atoms with E-state index in [-0.39, 0.29) is 11.9 Å². The summed E-state index contributed by atoms with van der Waals surface area (Å²) in [6.45, 7) is 0. The van der Waals surface area contributed by atoms with E-state index in [1.807, 2.05) is 30.3 Å². The molecule has 0 saturated heterocycles. The molecule has 4 heteroatoms. The van der Waals surface area contributed by atoms with E-state index in [0.717, 1.165) is 12.0 Å². The Bertz CT molecular complexity index is 469. The van der Waals surface area contributed by atoms with Crippen molar-refractivity contribution in [3.8, 4) is 0 Å². The second-order valence-electron chi connectivity index (χ2n) is 5.86. The Kier molecular flexibility index (Phi) is 6.18. The van der Waals surface area contributed by atoms with Crippen molar-refractivity contribution < 1.29 is 4.79 Å². The Morgan fingerprint density at radius 2 is 1.90 bits per heavy atom. The highest BCUT2D eigenvalue weighted by atomic mass is 32.1. The van der Waals surface area contributed by atoms with Crippen molar-refractivity contribution in [2.75, 3.05) is 0 Å². The fourth-order valence-corrected chi connectivity index (χ4v) is 3.20. The first-order valence-corrected chi connectivity index (χ1v) is 8.21. The van der Waals surface area contributed by atoms with E-state index in [0.29, 0.717) is 17.3 Å². The molecule has 1 aliphatic rings. The quantitative estimate of drug-likeness (QED) is 0.791. The van der Waals surface area contributed by atoms with Gasteiger partial charge in [0.1, 0.15) is 11.0 Å². The molecular formula is C17H24N2OS. The Balaban J connectivity index is 1.85. The summed E-state index contributed by atoms with van der Waals surface area (Å²) >= 11 is 5.09. The van der Waals surface area contributed by atoms with Crippen LogP contribution in [0.3, 0.4) is 0 Å². The van der Waals surface area contributed by atoms with Crippen molar-refractivity contribution in [1.82, 2.24) is 5.32 Å². The molecule has 1 aliphatic carbocycles. The summed E-state index contributed by atoms with van der Waals surface area (Å²) < 4.78 is 0. The molecule has 1 aromatic rings. The van der Waals surface area contributed by atoms with Crippen molar-refractivity contribution in [3.63, 3.8) is 0 Å². The van der Waals surface area contributed by atoms with Crippen molar-refractivity contribution >= 4 is 23.1 Å². The van der Waals surface area contributed by atoms with E-state index in [4.69, 9.17) is 18.0 Å². The molecule has 114 valence electrons. The minimum Gasteiger partial charge on any atom is -0.391 e. The van der Waals surface area contributed by atoms with Gasteiger partial charge in [0.25, 0.3) is 0 Å². The molecule has 1 saturated carbocycles. The Morgan fingerprint density at radius 3 is 2.52 bits per heavy atom. The lowest BCUT2D eigenvalue weighted by molar-refractivity contribution is -0.121. The van der Waals surface area contributed by atoms with Crippen molar-refractivity contribution in [2.24, 2.45) is 11.7 Å². The third-order valence-corrected chi connectivity index (χ3v) is 4.46. The number of carbonyl (C=O) groups excluding carboxylic acids is 1. The first-order valence-electron chi connectivity index (χ1n) is 7.80. The molecule has 1 amide bonds. The lowest BCUT2D eigenvalue weighted by atomic mass is 9.86. The molecule has 21 heavy (non-hydrogen) atoms. The molecule has 0 spiro atoms. The van der Waals surface area contributed by atoms with E-state index >= 15 is 0 Å². The van der Waals surface area contributed by atoms with Crippen LogP contribution in [0.15, 0.2) is 30.3 Å². The minimum atomic E-state index is -0.361. The highest BCUT2D eigenvalue weighted by Crippen LogP contribution is 2.27. The predicted molar refractivity (Wildman–Crippen MR) is 89.9 cm³/mol. The van der Waals surface area contributed by atoms with Gasteiger partial charge in [-0.2, -0.15) is 0 Å². The van der Waals surface area contributed by atoms with Crippen LogP contribution in [-0.2, 0) is 4.79 Å². The fraction of sp³-hybridized carbons (Fsp3) is 0.529. The normalized spacial score (nSPS) is 17.1. The van der Waals surface area contributed by atoms with E-state index in [9.17, 15) is 4.79 Å². The maximum atomic E-state index is 12.1. The monoisotopic (exact) mass is 304 g/mol. The van der Waals surface area contributed by atoms with Crippen LogP contribution in [0.4, 0.5) is 0 Å².